The first kappa shape index (κ1) is 9.48. The van der Waals surface area contributed by atoms with Gasteiger partial charge in [-0.2, -0.15) is 0 Å². The fourth-order valence-corrected chi connectivity index (χ4v) is 4.25. The molecule has 0 spiro atoms. The number of hydrogen-bond acceptors (Lipinski definition) is 1. The van der Waals surface area contributed by atoms with Crippen molar-refractivity contribution in [3.05, 3.63) is 19.2 Å². The Bertz CT molecular complexity index is 222. The normalized spacial score (nSPS) is 10.3. The number of hydrogen-bond donors (Lipinski definition) is 0. The summed E-state index contributed by atoms with van der Waals surface area (Å²) in [5.41, 5.74) is 0. The Balaban J connectivity index is 2.81. The maximum atomic E-state index is 3.50. The van der Waals surface area contributed by atoms with Gasteiger partial charge < -0.3 is 0 Å². The Labute approximate surface area is 94.8 Å². The summed E-state index contributed by atoms with van der Waals surface area (Å²) in [5, 5.41) is 0. The van der Waals surface area contributed by atoms with Gasteiger partial charge in [-0.15, -0.1) is 11.3 Å². The van der Waals surface area contributed by atoms with Crippen LogP contribution in [0.15, 0.2) is 14.3 Å². The van der Waals surface area contributed by atoms with E-state index in [-0.39, 0.29) is 0 Å². The third-order valence-electron chi connectivity index (χ3n) is 1.05. The monoisotopic (exact) mass is 394 g/mol. The molecule has 10 heavy (non-hydrogen) atoms. The molecule has 0 saturated carbocycles. The van der Waals surface area contributed by atoms with Crippen LogP contribution < -0.4 is 0 Å². The first-order valence-electron chi connectivity index (χ1n) is 2.73. The summed E-state index contributed by atoms with van der Waals surface area (Å²) in [6.45, 7) is 0. The molecule has 0 amide bonds. The van der Waals surface area contributed by atoms with Gasteiger partial charge in [-0.3, -0.25) is 0 Å². The van der Waals surface area contributed by atoms with E-state index in [0.717, 1.165) is 6.42 Å². The van der Waals surface area contributed by atoms with Crippen molar-refractivity contribution in [2.45, 2.75) is 6.42 Å². The van der Waals surface area contributed by atoms with Crippen LogP contribution in [0.4, 0.5) is 0 Å². The molecule has 0 bridgehead atoms. The Morgan fingerprint density at radius 3 is 2.60 bits per heavy atom. The lowest BCUT2D eigenvalue weighted by atomic mass is 10.4. The van der Waals surface area contributed by atoms with E-state index in [1.54, 1.807) is 11.3 Å². The number of halogens is 3. The van der Waals surface area contributed by atoms with Crippen molar-refractivity contribution in [3.8, 4) is 0 Å². The number of thiophene rings is 1. The molecule has 0 saturated heterocycles. The predicted octanol–water partition coefficient (Wildman–Crippen LogP) is 4.25. The van der Waals surface area contributed by atoms with Gasteiger partial charge in [0.15, 0.2) is 0 Å². The lowest BCUT2D eigenvalue weighted by molar-refractivity contribution is 1.22. The predicted molar refractivity (Wildman–Crippen MR) is 62.3 cm³/mol. The van der Waals surface area contributed by atoms with Crippen LogP contribution >= 0.6 is 65.8 Å². The zero-order chi connectivity index (χ0) is 7.56. The van der Waals surface area contributed by atoms with Crippen molar-refractivity contribution in [2.24, 2.45) is 0 Å². The summed E-state index contributed by atoms with van der Waals surface area (Å²) in [4.78, 5) is 1.43. The molecule has 1 heterocycles. The third kappa shape index (κ3) is 2.46. The first-order chi connectivity index (χ1) is 4.74. The summed E-state index contributed by atoms with van der Waals surface area (Å²) in [6.07, 6.45) is 1.16. The van der Waals surface area contributed by atoms with E-state index >= 15 is 0 Å². The van der Waals surface area contributed by atoms with Gasteiger partial charge in [-0.25, -0.2) is 0 Å². The Morgan fingerprint density at radius 1 is 1.50 bits per heavy atom. The van der Waals surface area contributed by atoms with E-state index in [2.05, 4.69) is 60.5 Å². The average molecular weight is 396 g/mol. The Morgan fingerprint density at radius 2 is 2.20 bits per heavy atom. The molecule has 0 aliphatic rings. The highest BCUT2D eigenvalue weighted by molar-refractivity contribution is 14.1. The van der Waals surface area contributed by atoms with E-state index in [9.17, 15) is 0 Å². The fourth-order valence-electron chi connectivity index (χ4n) is 0.632. The molecule has 1 rings (SSSR count). The van der Waals surface area contributed by atoms with Crippen molar-refractivity contribution < 1.29 is 0 Å². The van der Waals surface area contributed by atoms with Crippen molar-refractivity contribution in [1.29, 1.82) is 0 Å². The highest BCUT2D eigenvalue weighted by atomic mass is 127. The van der Waals surface area contributed by atoms with Crippen molar-refractivity contribution in [2.75, 3.05) is 4.43 Å². The zero-order valence-electron chi connectivity index (χ0n) is 5.03. The molecule has 0 atom stereocenters. The first-order valence-corrected chi connectivity index (χ1v) is 6.66. The number of aryl methyl sites for hydroxylation is 1. The van der Waals surface area contributed by atoms with E-state index < -0.39 is 0 Å². The molecule has 0 unspecified atom stereocenters. The smallest absolute Gasteiger partial charge is 0.0713 e. The zero-order valence-corrected chi connectivity index (χ0v) is 11.2. The molecule has 0 aromatic carbocycles. The lowest BCUT2D eigenvalue weighted by Gasteiger charge is -1.89. The molecule has 4 heteroatoms. The molecule has 1 aromatic heterocycles. The van der Waals surface area contributed by atoms with Crippen LogP contribution in [-0.4, -0.2) is 4.43 Å². The minimum Gasteiger partial charge on any atom is -0.132 e. The van der Waals surface area contributed by atoms with Crippen molar-refractivity contribution in [1.82, 2.24) is 0 Å². The quantitative estimate of drug-likeness (QED) is 0.518. The standard InChI is InChI=1S/C6H5Br2IS/c7-4-3-6(8)10-5(4)1-2-9/h3H,1-2H2. The van der Waals surface area contributed by atoms with Crippen LogP contribution in [0.25, 0.3) is 0 Å². The van der Waals surface area contributed by atoms with Crippen molar-refractivity contribution in [3.63, 3.8) is 0 Å². The third-order valence-corrected chi connectivity index (χ3v) is 4.26. The lowest BCUT2D eigenvalue weighted by Crippen LogP contribution is -1.78. The second kappa shape index (κ2) is 4.42. The van der Waals surface area contributed by atoms with Gasteiger partial charge in [-0.05, 0) is 44.3 Å². The van der Waals surface area contributed by atoms with Gasteiger partial charge in [0.2, 0.25) is 0 Å². The van der Waals surface area contributed by atoms with E-state index in [0.29, 0.717) is 0 Å². The molecular weight excluding hydrogens is 391 g/mol. The summed E-state index contributed by atoms with van der Waals surface area (Å²) < 4.78 is 3.63. The molecule has 1 aromatic rings. The SMILES string of the molecule is Brc1cc(Br)c(CCI)s1. The van der Waals surface area contributed by atoms with Crippen LogP contribution in [-0.2, 0) is 6.42 Å². The largest absolute Gasteiger partial charge is 0.132 e. The van der Waals surface area contributed by atoms with Crippen LogP contribution in [0.3, 0.4) is 0 Å². The van der Waals surface area contributed by atoms with Gasteiger partial charge in [0.25, 0.3) is 0 Å². The molecule has 0 nitrogen and oxygen atoms in total. The van der Waals surface area contributed by atoms with Gasteiger partial charge >= 0.3 is 0 Å². The summed E-state index contributed by atoms with van der Waals surface area (Å²) >= 11 is 11.1. The Kier molecular flexibility index (Phi) is 4.19. The van der Waals surface area contributed by atoms with Crippen LogP contribution in [0.2, 0.25) is 0 Å². The van der Waals surface area contributed by atoms with E-state index in [1.807, 2.05) is 0 Å². The minimum atomic E-state index is 1.16. The average Bonchev–Trinajstić information content (AvgIpc) is 2.13. The van der Waals surface area contributed by atoms with E-state index in [1.165, 1.54) is 17.6 Å². The second-order valence-corrected chi connectivity index (χ2v) is 6.21. The summed E-state index contributed by atoms with van der Waals surface area (Å²) in [6, 6.07) is 2.10. The topological polar surface area (TPSA) is 0 Å². The van der Waals surface area contributed by atoms with Crippen LogP contribution in [0.1, 0.15) is 4.88 Å². The summed E-state index contributed by atoms with van der Waals surface area (Å²) in [7, 11) is 0. The molecule has 0 aliphatic carbocycles. The minimum absolute atomic E-state index is 1.16. The molecule has 0 aliphatic heterocycles. The highest BCUT2D eigenvalue weighted by Gasteiger charge is 2.02. The second-order valence-electron chi connectivity index (χ2n) is 1.76. The highest BCUT2D eigenvalue weighted by Crippen LogP contribution is 2.31. The number of rotatable bonds is 2. The maximum absolute atomic E-state index is 3.50. The molecule has 0 fully saturated rings. The molecular formula is C6H5Br2IS. The van der Waals surface area contributed by atoms with Crippen molar-refractivity contribution >= 4 is 65.8 Å². The van der Waals surface area contributed by atoms with Gasteiger partial charge in [0.05, 0.1) is 3.79 Å². The van der Waals surface area contributed by atoms with Gasteiger partial charge in [0, 0.05) is 13.8 Å². The fraction of sp³-hybridized carbons (Fsp3) is 0.333. The molecule has 56 valence electrons. The van der Waals surface area contributed by atoms with E-state index in [4.69, 9.17) is 0 Å². The maximum Gasteiger partial charge on any atom is 0.0713 e. The number of alkyl halides is 1. The summed E-state index contributed by atoms with van der Waals surface area (Å²) in [5.74, 6) is 0. The molecule has 0 N–H and O–H groups in total. The molecule has 0 radical (unpaired) electrons. The van der Waals surface area contributed by atoms with Crippen LogP contribution in [0, 0.1) is 0 Å². The van der Waals surface area contributed by atoms with Gasteiger partial charge in [-0.1, -0.05) is 22.6 Å². The van der Waals surface area contributed by atoms with Crippen LogP contribution in [0.5, 0.6) is 0 Å². The van der Waals surface area contributed by atoms with Gasteiger partial charge in [0.1, 0.15) is 0 Å². The Hall–Kier alpha value is 1.39.